The van der Waals surface area contributed by atoms with Crippen LogP contribution in [-0.2, 0) is 38.0 Å². The first-order chi connectivity index (χ1) is 23.2. The Morgan fingerprint density at radius 1 is 0.980 bits per heavy atom. The molecule has 0 aromatic carbocycles. The van der Waals surface area contributed by atoms with E-state index in [1.54, 1.807) is 0 Å². The second-order valence-electron chi connectivity index (χ2n) is 11.7. The molecule has 49 heavy (non-hydrogen) atoms. The minimum atomic E-state index is -3.04. The maximum absolute atomic E-state index is 12.7. The minimum Gasteiger partial charge on any atom is -0.477 e. The van der Waals surface area contributed by atoms with E-state index in [2.05, 4.69) is 15.3 Å². The molecule has 0 spiro atoms. The molecule has 282 valence electrons. The second kappa shape index (κ2) is 18.2. The van der Waals surface area contributed by atoms with Crippen LogP contribution < -0.4 is 5.32 Å². The van der Waals surface area contributed by atoms with Gasteiger partial charge in [-0.2, -0.15) is 0 Å². The summed E-state index contributed by atoms with van der Waals surface area (Å²) in [4.78, 5) is 27.0. The average molecular weight is 717 g/mol. The Hall–Kier alpha value is -2.39. The van der Waals surface area contributed by atoms with E-state index in [0.717, 1.165) is 6.92 Å². The summed E-state index contributed by atoms with van der Waals surface area (Å²) < 4.78 is 33.1. The number of aliphatic hydroxyl groups excluding tert-OH is 10. The first kappa shape index (κ1) is 41.0. The first-order valence-corrected chi connectivity index (χ1v) is 15.2. The Kier molecular flexibility index (Phi) is 15.2. The lowest BCUT2D eigenvalue weighted by Gasteiger charge is -2.50. The molecule has 23 nitrogen and oxygen atoms in total. The highest BCUT2D eigenvalue weighted by atomic mass is 16.8. The van der Waals surface area contributed by atoms with Crippen LogP contribution in [0.3, 0.4) is 0 Å². The number of hydrogen-bond donors (Lipinski definition) is 12. The molecule has 0 saturated carbocycles. The fourth-order valence-electron chi connectivity index (χ4n) is 5.67. The van der Waals surface area contributed by atoms with E-state index in [1.807, 2.05) is 0 Å². The lowest BCUT2D eigenvalue weighted by Crippen LogP contribution is -2.70. The fraction of sp³-hybridized carbons (Fsp3) is 0.923. The van der Waals surface area contributed by atoms with Gasteiger partial charge < -0.3 is 89.9 Å². The van der Waals surface area contributed by atoms with Crippen LogP contribution in [0.4, 0.5) is 0 Å². The summed E-state index contributed by atoms with van der Waals surface area (Å²) in [5, 5.41) is 120. The molecule has 1 amide bonds. The normalized spacial score (nSPS) is 40.9. The maximum Gasteiger partial charge on any atom is 0.364 e. The van der Waals surface area contributed by atoms with E-state index in [9.17, 15) is 65.8 Å². The van der Waals surface area contributed by atoms with Crippen LogP contribution in [-0.4, -0.2) is 199 Å². The molecule has 3 rings (SSSR count). The molecule has 0 aromatic heterocycles. The van der Waals surface area contributed by atoms with Gasteiger partial charge in [0.15, 0.2) is 12.6 Å². The molecule has 0 bridgehead atoms. The number of carboxylic acids is 1. The number of carbonyl (C=O) groups excluding carboxylic acids is 1. The van der Waals surface area contributed by atoms with Crippen molar-refractivity contribution in [3.63, 3.8) is 0 Å². The number of carbonyl (C=O) groups is 2. The maximum atomic E-state index is 12.7. The topological polar surface area (TPSA) is 373 Å². The number of carboxylic acid groups (broad SMARTS) is 1. The SMILES string of the molecule is CC(=O)N[C@H]1[C@H]([C@H](O)[C@H](O)CO)O[C@@](O[C@H]2[C@@H](O)[C@@H](CO)O[C@@H](O[C@H]3[C@H](O)[C@@H](O)[C@H](OCCCN=[N+]=[N-])O[C@@H]3CO)[C@@H]2O)(C(=O)O)C[C@@H]1O. The van der Waals surface area contributed by atoms with E-state index < -0.39 is 136 Å². The van der Waals surface area contributed by atoms with Gasteiger partial charge >= 0.3 is 5.97 Å². The Balaban J connectivity index is 1.87. The van der Waals surface area contributed by atoms with Gasteiger partial charge in [0.05, 0.1) is 32.0 Å². The largest absolute Gasteiger partial charge is 0.477 e. The predicted octanol–water partition coefficient (Wildman–Crippen LogP) is -6.50. The number of azide groups is 1. The summed E-state index contributed by atoms with van der Waals surface area (Å²) in [6.07, 6.45) is -27.0. The van der Waals surface area contributed by atoms with E-state index >= 15 is 0 Å². The summed E-state index contributed by atoms with van der Waals surface area (Å²) in [6, 6.07) is -1.55. The third-order valence-corrected chi connectivity index (χ3v) is 8.19. The molecule has 12 N–H and O–H groups in total. The summed E-state index contributed by atoms with van der Waals surface area (Å²) in [5.74, 6) is -5.77. The lowest BCUT2D eigenvalue weighted by atomic mass is 9.88. The van der Waals surface area contributed by atoms with Crippen LogP contribution in [0, 0.1) is 0 Å². The summed E-state index contributed by atoms with van der Waals surface area (Å²) >= 11 is 0. The van der Waals surface area contributed by atoms with E-state index in [-0.39, 0.29) is 19.6 Å². The number of ether oxygens (including phenoxy) is 6. The van der Waals surface area contributed by atoms with Gasteiger partial charge in [0.25, 0.3) is 5.79 Å². The van der Waals surface area contributed by atoms with E-state index in [1.165, 1.54) is 0 Å². The second-order valence-corrected chi connectivity index (χ2v) is 11.7. The van der Waals surface area contributed by atoms with Crippen molar-refractivity contribution < 1.29 is 94.2 Å². The van der Waals surface area contributed by atoms with Crippen molar-refractivity contribution in [2.45, 2.75) is 117 Å². The van der Waals surface area contributed by atoms with Gasteiger partial charge in [-0.3, -0.25) is 4.79 Å². The van der Waals surface area contributed by atoms with Gasteiger partial charge in [0.1, 0.15) is 67.1 Å². The van der Waals surface area contributed by atoms with Crippen molar-refractivity contribution in [2.75, 3.05) is 33.0 Å². The third-order valence-electron chi connectivity index (χ3n) is 8.19. The van der Waals surface area contributed by atoms with Gasteiger partial charge in [0, 0.05) is 31.4 Å². The van der Waals surface area contributed by atoms with Gasteiger partial charge in [-0.15, -0.1) is 0 Å². The lowest BCUT2D eigenvalue weighted by molar-refractivity contribution is -0.386. The molecule has 0 aromatic rings. The highest BCUT2D eigenvalue weighted by Gasteiger charge is 2.60. The molecule has 3 aliphatic heterocycles. The van der Waals surface area contributed by atoms with Gasteiger partial charge in [0.2, 0.25) is 5.91 Å². The predicted molar refractivity (Wildman–Crippen MR) is 152 cm³/mol. The van der Waals surface area contributed by atoms with Crippen molar-refractivity contribution in [3.05, 3.63) is 10.4 Å². The monoisotopic (exact) mass is 716 g/mol. The Morgan fingerprint density at radius 2 is 1.63 bits per heavy atom. The molecule has 3 fully saturated rings. The summed E-state index contributed by atoms with van der Waals surface area (Å²) in [7, 11) is 0. The zero-order valence-electron chi connectivity index (χ0n) is 26.1. The smallest absolute Gasteiger partial charge is 0.364 e. The zero-order valence-corrected chi connectivity index (χ0v) is 26.1. The highest BCUT2D eigenvalue weighted by Crippen LogP contribution is 2.38. The standard InChI is InChI=1S/C26H44N4O19/c1-9(34)29-14-10(35)5-26(25(42)43,48-21(14)15(37)11(36)6-31)49-22-16(38)12(7-32)45-24(19(22)41)47-20-13(8-33)46-23(18(40)17(20)39)44-4-2-3-28-30-27/h10-24,31-33,35-41H,2-8H2,1H3,(H,29,34)(H,42,43)/t10-,11+,12+,13+,14+,15+,16-,17+,18+,19+,20+,21+,22-,23+,24-,26-/m0/s1. The van der Waals surface area contributed by atoms with Crippen molar-refractivity contribution in [1.82, 2.24) is 5.32 Å². The molecule has 0 unspecified atom stereocenters. The van der Waals surface area contributed by atoms with Crippen molar-refractivity contribution in [3.8, 4) is 0 Å². The number of rotatable bonds is 16. The van der Waals surface area contributed by atoms with Crippen molar-refractivity contribution >= 4 is 11.9 Å². The number of nitrogens with zero attached hydrogens (tertiary/aromatic N) is 3. The molecule has 0 aliphatic carbocycles. The molecular formula is C26H44N4O19. The zero-order chi connectivity index (χ0) is 36.6. The van der Waals surface area contributed by atoms with E-state index in [0.29, 0.717) is 0 Å². The molecule has 3 aliphatic rings. The Morgan fingerprint density at radius 3 is 2.20 bits per heavy atom. The first-order valence-electron chi connectivity index (χ1n) is 15.2. The van der Waals surface area contributed by atoms with Gasteiger partial charge in [-0.05, 0) is 12.0 Å². The molecule has 3 saturated heterocycles. The number of aliphatic carboxylic acids is 1. The number of amides is 1. The van der Waals surface area contributed by atoms with Crippen LogP contribution >= 0.6 is 0 Å². The third kappa shape index (κ3) is 9.49. The Bertz CT molecular complexity index is 1130. The molecule has 3 heterocycles. The van der Waals surface area contributed by atoms with Crippen LogP contribution in [0.1, 0.15) is 19.8 Å². The highest BCUT2D eigenvalue weighted by molar-refractivity contribution is 5.76. The Labute approximate surface area is 277 Å². The van der Waals surface area contributed by atoms with Gasteiger partial charge in [-0.25, -0.2) is 4.79 Å². The van der Waals surface area contributed by atoms with Crippen molar-refractivity contribution in [2.24, 2.45) is 5.11 Å². The molecular weight excluding hydrogens is 672 g/mol. The minimum absolute atomic E-state index is 0.0595. The molecule has 0 radical (unpaired) electrons. The number of aliphatic hydroxyl groups is 10. The van der Waals surface area contributed by atoms with E-state index in [4.69, 9.17) is 34.0 Å². The number of nitrogens with one attached hydrogen (secondary N) is 1. The fourth-order valence-corrected chi connectivity index (χ4v) is 5.67. The number of hydrogen-bond acceptors (Lipinski definition) is 19. The quantitative estimate of drug-likeness (QED) is 0.0306. The van der Waals surface area contributed by atoms with Crippen molar-refractivity contribution in [1.29, 1.82) is 0 Å². The van der Waals surface area contributed by atoms with Crippen LogP contribution in [0.15, 0.2) is 5.11 Å². The molecule has 16 atom stereocenters. The molecule has 23 heteroatoms. The van der Waals surface area contributed by atoms with Gasteiger partial charge in [-0.1, -0.05) is 5.11 Å². The van der Waals surface area contributed by atoms with Crippen LogP contribution in [0.2, 0.25) is 0 Å². The van der Waals surface area contributed by atoms with Crippen LogP contribution in [0.25, 0.3) is 10.4 Å². The van der Waals surface area contributed by atoms with Crippen LogP contribution in [0.5, 0.6) is 0 Å². The average Bonchev–Trinajstić information content (AvgIpc) is 3.06. The summed E-state index contributed by atoms with van der Waals surface area (Å²) in [6.45, 7) is -1.86. The summed E-state index contributed by atoms with van der Waals surface area (Å²) in [5.41, 5.74) is 8.36.